The quantitative estimate of drug-likeness (QED) is 0.586. The van der Waals surface area contributed by atoms with Gasteiger partial charge in [-0.3, -0.25) is 4.79 Å². The van der Waals surface area contributed by atoms with Gasteiger partial charge in [-0.1, -0.05) is 30.3 Å². The van der Waals surface area contributed by atoms with Gasteiger partial charge in [-0.2, -0.15) is 0 Å². The first kappa shape index (κ1) is 15.9. The predicted octanol–water partition coefficient (Wildman–Crippen LogP) is 5.00. The summed E-state index contributed by atoms with van der Waals surface area (Å²) in [4.78, 5) is 10.7. The van der Waals surface area contributed by atoms with E-state index in [0.717, 1.165) is 6.07 Å². The molecule has 0 saturated heterocycles. The van der Waals surface area contributed by atoms with Crippen molar-refractivity contribution in [3.8, 4) is 16.9 Å². The lowest BCUT2D eigenvalue weighted by Gasteiger charge is -2.12. The van der Waals surface area contributed by atoms with E-state index in [9.17, 15) is 26.7 Å². The lowest BCUT2D eigenvalue weighted by atomic mass is 10.0. The Morgan fingerprint density at radius 2 is 1.55 bits per heavy atom. The molecule has 0 saturated carbocycles. The molecule has 0 aliphatic rings. The van der Waals surface area contributed by atoms with Crippen molar-refractivity contribution < 1.29 is 31.5 Å². The molecule has 0 aliphatic heterocycles. The minimum Gasteiger partial charge on any atom is -0.405 e. The van der Waals surface area contributed by atoms with Crippen molar-refractivity contribution in [3.63, 3.8) is 0 Å². The van der Waals surface area contributed by atoms with Crippen LogP contribution in [0.1, 0.15) is 22.3 Å². The summed E-state index contributed by atoms with van der Waals surface area (Å²) < 4.78 is 65.7. The van der Waals surface area contributed by atoms with Crippen LogP contribution in [0.25, 0.3) is 11.1 Å². The Bertz CT molecular complexity index is 663. The number of rotatable bonds is 4. The number of halogens is 5. The summed E-state index contributed by atoms with van der Waals surface area (Å²) in [6.45, 7) is 0. The van der Waals surface area contributed by atoms with Crippen molar-refractivity contribution in [2.75, 3.05) is 0 Å². The fraction of sp³-hybridized carbons (Fsp3) is 0.133. The minimum absolute atomic E-state index is 0.194. The maximum atomic E-state index is 12.5. The number of hydrogen-bond donors (Lipinski definition) is 0. The van der Waals surface area contributed by atoms with Crippen LogP contribution in [0, 0.1) is 0 Å². The van der Waals surface area contributed by atoms with E-state index in [2.05, 4.69) is 4.74 Å². The molecule has 0 fully saturated rings. The van der Waals surface area contributed by atoms with Gasteiger partial charge < -0.3 is 4.74 Å². The van der Waals surface area contributed by atoms with Crippen molar-refractivity contribution in [1.29, 1.82) is 0 Å². The van der Waals surface area contributed by atoms with Gasteiger partial charge in [0.25, 0.3) is 6.43 Å². The molecule has 0 radical (unpaired) electrons. The highest BCUT2D eigenvalue weighted by molar-refractivity contribution is 5.82. The Kier molecular flexibility index (Phi) is 4.44. The van der Waals surface area contributed by atoms with E-state index in [4.69, 9.17) is 0 Å². The molecule has 0 unspecified atom stereocenters. The van der Waals surface area contributed by atoms with E-state index in [1.54, 1.807) is 0 Å². The Morgan fingerprint density at radius 1 is 0.955 bits per heavy atom. The topological polar surface area (TPSA) is 26.3 Å². The van der Waals surface area contributed by atoms with Gasteiger partial charge in [-0.25, -0.2) is 8.78 Å². The molecule has 0 spiro atoms. The van der Waals surface area contributed by atoms with Crippen molar-refractivity contribution in [3.05, 3.63) is 53.6 Å². The van der Waals surface area contributed by atoms with Crippen molar-refractivity contribution >= 4 is 6.29 Å². The molecular weight excluding hydrogens is 307 g/mol. The number of aldehydes is 1. The third-order valence-corrected chi connectivity index (χ3v) is 2.86. The first-order valence-electron chi connectivity index (χ1n) is 6.03. The molecular formula is C15H9F5O2. The second kappa shape index (κ2) is 6.13. The van der Waals surface area contributed by atoms with E-state index in [0.29, 0.717) is 11.1 Å². The zero-order chi connectivity index (χ0) is 16.3. The molecule has 116 valence electrons. The first-order chi connectivity index (χ1) is 10.3. The Labute approximate surface area is 122 Å². The normalized spacial score (nSPS) is 11.5. The molecule has 0 aromatic heterocycles. The van der Waals surface area contributed by atoms with Gasteiger partial charge in [0.15, 0.2) is 6.29 Å². The molecule has 2 rings (SSSR count). The molecule has 0 aliphatic carbocycles. The van der Waals surface area contributed by atoms with Gasteiger partial charge in [-0.15, -0.1) is 13.2 Å². The average molecular weight is 316 g/mol. The number of ether oxygens (including phenoxy) is 1. The summed E-state index contributed by atoms with van der Waals surface area (Å²) in [6, 6.07) is 8.68. The van der Waals surface area contributed by atoms with Crippen LogP contribution < -0.4 is 4.74 Å². The van der Waals surface area contributed by atoms with Crippen LogP contribution in [0.5, 0.6) is 5.75 Å². The molecule has 0 amide bonds. The Balaban J connectivity index is 2.39. The maximum Gasteiger partial charge on any atom is 0.573 e. The fourth-order valence-corrected chi connectivity index (χ4v) is 1.85. The molecule has 0 atom stereocenters. The number of carbonyl (C=O) groups is 1. The van der Waals surface area contributed by atoms with Crippen LogP contribution in [0.2, 0.25) is 0 Å². The lowest BCUT2D eigenvalue weighted by Crippen LogP contribution is -2.18. The van der Waals surface area contributed by atoms with E-state index >= 15 is 0 Å². The van der Waals surface area contributed by atoms with Gasteiger partial charge in [0.05, 0.1) is 5.56 Å². The van der Waals surface area contributed by atoms with Crippen molar-refractivity contribution in [1.82, 2.24) is 0 Å². The fourth-order valence-electron chi connectivity index (χ4n) is 1.85. The highest BCUT2D eigenvalue weighted by Gasteiger charge is 2.32. The van der Waals surface area contributed by atoms with Crippen LogP contribution in [0.4, 0.5) is 22.0 Å². The van der Waals surface area contributed by atoms with Crippen LogP contribution in [0.3, 0.4) is 0 Å². The van der Waals surface area contributed by atoms with Crippen LogP contribution in [-0.2, 0) is 0 Å². The highest BCUT2D eigenvalue weighted by Crippen LogP contribution is 2.31. The predicted molar refractivity (Wildman–Crippen MR) is 68.9 cm³/mol. The molecule has 7 heteroatoms. The number of hydrogen-bond acceptors (Lipinski definition) is 2. The SMILES string of the molecule is O=Cc1ccc(-c2ccc(C(F)F)cc2)cc1OC(F)(F)F. The summed E-state index contributed by atoms with van der Waals surface area (Å²) in [5.41, 5.74) is 0.282. The summed E-state index contributed by atoms with van der Waals surface area (Å²) >= 11 is 0. The van der Waals surface area contributed by atoms with Gasteiger partial charge in [-0.05, 0) is 23.3 Å². The number of carbonyl (C=O) groups excluding carboxylic acids is 1. The second-order valence-corrected chi connectivity index (χ2v) is 4.34. The molecule has 22 heavy (non-hydrogen) atoms. The highest BCUT2D eigenvalue weighted by atomic mass is 19.4. The standard InChI is InChI=1S/C15H9F5O2/c16-14(17)10-3-1-9(2-4-10)11-5-6-12(8-21)13(7-11)22-15(18,19)20/h1-8,14H. The molecule has 0 heterocycles. The monoisotopic (exact) mass is 316 g/mol. The zero-order valence-corrected chi connectivity index (χ0v) is 10.9. The summed E-state index contributed by atoms with van der Waals surface area (Å²) in [5, 5.41) is 0. The minimum atomic E-state index is -4.93. The van der Waals surface area contributed by atoms with E-state index in [-0.39, 0.29) is 17.4 Å². The Morgan fingerprint density at radius 3 is 2.05 bits per heavy atom. The second-order valence-electron chi connectivity index (χ2n) is 4.34. The van der Waals surface area contributed by atoms with Crippen LogP contribution in [0.15, 0.2) is 42.5 Å². The van der Waals surface area contributed by atoms with Crippen LogP contribution >= 0.6 is 0 Å². The molecule has 2 aromatic carbocycles. The van der Waals surface area contributed by atoms with E-state index in [1.165, 1.54) is 36.4 Å². The van der Waals surface area contributed by atoms with E-state index in [1.807, 2.05) is 0 Å². The first-order valence-corrected chi connectivity index (χ1v) is 6.03. The summed E-state index contributed by atoms with van der Waals surface area (Å²) in [5.74, 6) is -0.641. The largest absolute Gasteiger partial charge is 0.573 e. The summed E-state index contributed by atoms with van der Waals surface area (Å²) in [7, 11) is 0. The molecule has 2 nitrogen and oxygen atoms in total. The third kappa shape index (κ3) is 3.81. The molecule has 0 N–H and O–H groups in total. The van der Waals surface area contributed by atoms with Gasteiger partial charge in [0.1, 0.15) is 5.75 Å². The third-order valence-electron chi connectivity index (χ3n) is 2.86. The number of benzene rings is 2. The smallest absolute Gasteiger partial charge is 0.405 e. The zero-order valence-electron chi connectivity index (χ0n) is 10.9. The Hall–Kier alpha value is -2.44. The average Bonchev–Trinajstić information content (AvgIpc) is 2.45. The van der Waals surface area contributed by atoms with Gasteiger partial charge in [0.2, 0.25) is 0 Å². The summed E-state index contributed by atoms with van der Waals surface area (Å²) in [6.07, 6.45) is -7.32. The van der Waals surface area contributed by atoms with Crippen LogP contribution in [-0.4, -0.2) is 12.6 Å². The van der Waals surface area contributed by atoms with Gasteiger partial charge in [0, 0.05) is 5.56 Å². The number of alkyl halides is 5. The van der Waals surface area contributed by atoms with Crippen molar-refractivity contribution in [2.45, 2.75) is 12.8 Å². The van der Waals surface area contributed by atoms with E-state index < -0.39 is 18.5 Å². The van der Waals surface area contributed by atoms with Gasteiger partial charge >= 0.3 is 6.36 Å². The maximum absolute atomic E-state index is 12.5. The lowest BCUT2D eigenvalue weighted by molar-refractivity contribution is -0.274. The molecule has 0 bridgehead atoms. The molecule has 2 aromatic rings. The van der Waals surface area contributed by atoms with Crippen molar-refractivity contribution in [2.24, 2.45) is 0 Å².